The maximum absolute atomic E-state index is 10.0. The Balaban J connectivity index is 1.91. The molecule has 5 heteroatoms. The van der Waals surface area contributed by atoms with Gasteiger partial charge in [0.1, 0.15) is 0 Å². The minimum atomic E-state index is -0.524. The molecule has 1 aliphatic heterocycles. The van der Waals surface area contributed by atoms with Crippen LogP contribution in [0.2, 0.25) is 0 Å². The van der Waals surface area contributed by atoms with Crippen LogP contribution in [0.1, 0.15) is 11.7 Å². The largest absolute Gasteiger partial charge is 0.387 e. The molecule has 4 nitrogen and oxygen atoms in total. The van der Waals surface area contributed by atoms with Crippen LogP contribution in [0.5, 0.6) is 0 Å². The Hall–Kier alpha value is -1.07. The number of hydrogen-bond acceptors (Lipinski definition) is 4. The molecule has 0 saturated heterocycles. The molecular formula is C12H16BrN3O. The van der Waals surface area contributed by atoms with E-state index >= 15 is 0 Å². The molecule has 0 fully saturated rings. The summed E-state index contributed by atoms with van der Waals surface area (Å²) in [6, 6.07) is 7.70. The van der Waals surface area contributed by atoms with Crippen LogP contribution >= 0.6 is 15.9 Å². The average molecular weight is 298 g/mol. The van der Waals surface area contributed by atoms with E-state index < -0.39 is 6.10 Å². The fraction of sp³-hybridized carbons (Fsp3) is 0.417. The second-order valence-corrected chi connectivity index (χ2v) is 4.99. The van der Waals surface area contributed by atoms with Crippen LogP contribution in [-0.2, 0) is 0 Å². The third kappa shape index (κ3) is 3.20. The van der Waals surface area contributed by atoms with Crippen LogP contribution < -0.4 is 5.32 Å². The predicted octanol–water partition coefficient (Wildman–Crippen LogP) is 1.37. The van der Waals surface area contributed by atoms with E-state index in [0.717, 1.165) is 29.1 Å². The monoisotopic (exact) mass is 297 g/mol. The molecule has 0 radical (unpaired) electrons. The van der Waals surface area contributed by atoms with Gasteiger partial charge >= 0.3 is 0 Å². The van der Waals surface area contributed by atoms with Crippen molar-refractivity contribution in [2.45, 2.75) is 6.10 Å². The standard InChI is InChI=1S/C12H16BrN3O/c1-16-6-5-14-12(16)15-8-11(17)9-3-2-4-10(13)7-9/h2-4,7,11,17H,5-6,8H2,1H3,(H,14,15)/t11-/m0/s1. The molecule has 2 N–H and O–H groups in total. The van der Waals surface area contributed by atoms with Crippen LogP contribution in [0.3, 0.4) is 0 Å². The number of aliphatic hydroxyl groups excluding tert-OH is 1. The zero-order valence-corrected chi connectivity index (χ0v) is 11.3. The summed E-state index contributed by atoms with van der Waals surface area (Å²) in [5.41, 5.74) is 0.896. The van der Waals surface area contributed by atoms with Crippen molar-refractivity contribution < 1.29 is 5.11 Å². The van der Waals surface area contributed by atoms with Gasteiger partial charge in [-0.15, -0.1) is 0 Å². The first-order valence-corrected chi connectivity index (χ1v) is 6.39. The summed E-state index contributed by atoms with van der Waals surface area (Å²) in [6.07, 6.45) is -0.524. The lowest BCUT2D eigenvalue weighted by atomic mass is 10.1. The summed E-state index contributed by atoms with van der Waals surface area (Å²) in [6.45, 7) is 2.24. The fourth-order valence-corrected chi connectivity index (χ4v) is 2.16. The smallest absolute Gasteiger partial charge is 0.193 e. The van der Waals surface area contributed by atoms with Crippen LogP contribution in [0.4, 0.5) is 0 Å². The average Bonchev–Trinajstić information content (AvgIpc) is 2.72. The third-order valence-corrected chi connectivity index (χ3v) is 3.24. The number of hydrogen-bond donors (Lipinski definition) is 2. The summed E-state index contributed by atoms with van der Waals surface area (Å²) in [5.74, 6) is 0.860. The number of nitrogens with zero attached hydrogens (tertiary/aromatic N) is 2. The Morgan fingerprint density at radius 1 is 1.59 bits per heavy atom. The molecule has 17 heavy (non-hydrogen) atoms. The molecule has 1 atom stereocenters. The highest BCUT2D eigenvalue weighted by molar-refractivity contribution is 9.10. The van der Waals surface area contributed by atoms with Gasteiger partial charge in [0, 0.05) is 24.6 Å². The Kier molecular flexibility index (Phi) is 4.02. The lowest BCUT2D eigenvalue weighted by Gasteiger charge is -2.18. The topological polar surface area (TPSA) is 47.9 Å². The number of aliphatic hydroxyl groups is 1. The lowest BCUT2D eigenvalue weighted by Crippen LogP contribution is -2.37. The minimum absolute atomic E-state index is 0.472. The van der Waals surface area contributed by atoms with Gasteiger partial charge in [0.2, 0.25) is 0 Å². The van der Waals surface area contributed by atoms with E-state index in [2.05, 4.69) is 26.2 Å². The second-order valence-electron chi connectivity index (χ2n) is 4.08. The Bertz CT molecular complexity index is 422. The summed E-state index contributed by atoms with van der Waals surface area (Å²) in [5, 5.41) is 13.2. The molecule has 0 unspecified atom stereocenters. The summed E-state index contributed by atoms with van der Waals surface area (Å²) in [4.78, 5) is 6.36. The summed E-state index contributed by atoms with van der Waals surface area (Å²) < 4.78 is 0.976. The summed E-state index contributed by atoms with van der Waals surface area (Å²) >= 11 is 3.39. The van der Waals surface area contributed by atoms with Gasteiger partial charge < -0.3 is 15.3 Å². The van der Waals surface area contributed by atoms with Crippen molar-refractivity contribution >= 4 is 21.9 Å². The van der Waals surface area contributed by atoms with Crippen molar-refractivity contribution in [1.82, 2.24) is 10.2 Å². The van der Waals surface area contributed by atoms with E-state index in [0.29, 0.717) is 6.54 Å². The maximum atomic E-state index is 10.0. The second kappa shape index (κ2) is 5.51. The molecule has 0 saturated carbocycles. The zero-order valence-electron chi connectivity index (χ0n) is 9.73. The van der Waals surface area contributed by atoms with Gasteiger partial charge in [-0.2, -0.15) is 0 Å². The predicted molar refractivity (Wildman–Crippen MR) is 72.0 cm³/mol. The van der Waals surface area contributed by atoms with Crippen molar-refractivity contribution in [3.05, 3.63) is 34.3 Å². The van der Waals surface area contributed by atoms with E-state index in [9.17, 15) is 5.11 Å². The molecule has 0 bridgehead atoms. The Morgan fingerprint density at radius 3 is 3.06 bits per heavy atom. The first-order valence-electron chi connectivity index (χ1n) is 5.60. The van der Waals surface area contributed by atoms with Gasteiger partial charge in [0.05, 0.1) is 12.6 Å². The van der Waals surface area contributed by atoms with Gasteiger partial charge in [0.15, 0.2) is 5.96 Å². The molecule has 92 valence electrons. The third-order valence-electron chi connectivity index (χ3n) is 2.75. The van der Waals surface area contributed by atoms with Gasteiger partial charge in [-0.05, 0) is 17.7 Å². The minimum Gasteiger partial charge on any atom is -0.387 e. The molecule has 1 aromatic carbocycles. The van der Waals surface area contributed by atoms with E-state index in [1.165, 1.54) is 0 Å². The molecule has 1 aliphatic rings. The number of aliphatic imine (C=N–C) groups is 1. The number of halogens is 1. The van der Waals surface area contributed by atoms with Crippen molar-refractivity contribution in [3.63, 3.8) is 0 Å². The number of rotatable bonds is 3. The number of likely N-dealkylation sites (N-methyl/N-ethyl adjacent to an activating group) is 1. The first kappa shape index (κ1) is 12.4. The lowest BCUT2D eigenvalue weighted by molar-refractivity contribution is 0.180. The Labute approximate surface area is 109 Å². The highest BCUT2D eigenvalue weighted by atomic mass is 79.9. The quantitative estimate of drug-likeness (QED) is 0.886. The molecular weight excluding hydrogens is 282 g/mol. The Morgan fingerprint density at radius 2 is 2.41 bits per heavy atom. The number of guanidine groups is 1. The van der Waals surface area contributed by atoms with E-state index in [1.807, 2.05) is 36.2 Å². The van der Waals surface area contributed by atoms with Crippen molar-refractivity contribution in [2.75, 3.05) is 26.7 Å². The van der Waals surface area contributed by atoms with Crippen LogP contribution in [0.25, 0.3) is 0 Å². The summed E-state index contributed by atoms with van der Waals surface area (Å²) in [7, 11) is 1.99. The van der Waals surface area contributed by atoms with E-state index in [4.69, 9.17) is 0 Å². The van der Waals surface area contributed by atoms with E-state index in [-0.39, 0.29) is 0 Å². The van der Waals surface area contributed by atoms with Crippen LogP contribution in [-0.4, -0.2) is 42.6 Å². The first-order chi connectivity index (χ1) is 8.16. The SMILES string of the molecule is CN1CCN=C1NC[C@H](O)c1cccc(Br)c1. The highest BCUT2D eigenvalue weighted by Crippen LogP contribution is 2.17. The zero-order chi connectivity index (χ0) is 12.3. The van der Waals surface area contributed by atoms with Crippen LogP contribution in [0.15, 0.2) is 33.7 Å². The fourth-order valence-electron chi connectivity index (χ4n) is 1.74. The molecule has 0 amide bonds. The van der Waals surface area contributed by atoms with Crippen LogP contribution in [0, 0.1) is 0 Å². The van der Waals surface area contributed by atoms with Gasteiger partial charge in [-0.1, -0.05) is 28.1 Å². The normalized spacial score (nSPS) is 16.9. The highest BCUT2D eigenvalue weighted by Gasteiger charge is 2.14. The molecule has 0 aromatic heterocycles. The van der Waals surface area contributed by atoms with Crippen molar-refractivity contribution in [1.29, 1.82) is 0 Å². The van der Waals surface area contributed by atoms with Gasteiger partial charge in [-0.25, -0.2) is 0 Å². The van der Waals surface area contributed by atoms with Crippen molar-refractivity contribution in [3.8, 4) is 0 Å². The number of nitrogens with one attached hydrogen (secondary N) is 1. The molecule has 0 spiro atoms. The molecule has 2 rings (SSSR count). The number of benzene rings is 1. The van der Waals surface area contributed by atoms with Gasteiger partial charge in [-0.3, -0.25) is 4.99 Å². The van der Waals surface area contributed by atoms with Crippen molar-refractivity contribution in [2.24, 2.45) is 4.99 Å². The van der Waals surface area contributed by atoms with Gasteiger partial charge in [0.25, 0.3) is 0 Å². The van der Waals surface area contributed by atoms with E-state index in [1.54, 1.807) is 0 Å². The molecule has 1 aromatic rings. The molecule has 1 heterocycles. The maximum Gasteiger partial charge on any atom is 0.193 e. The molecule has 0 aliphatic carbocycles.